The first-order valence-corrected chi connectivity index (χ1v) is 10.7. The number of rotatable bonds is 7. The van der Waals surface area contributed by atoms with E-state index in [-0.39, 0.29) is 0 Å². The van der Waals surface area contributed by atoms with Crippen LogP contribution in [0.5, 0.6) is 0 Å². The van der Waals surface area contributed by atoms with Crippen LogP contribution in [0.4, 0.5) is 0 Å². The molecule has 30 heavy (non-hydrogen) atoms. The molecule has 5 heteroatoms. The highest BCUT2D eigenvalue weighted by molar-refractivity contribution is 5.99. The van der Waals surface area contributed by atoms with Gasteiger partial charge in [0, 0.05) is 36.3 Å². The van der Waals surface area contributed by atoms with Crippen molar-refractivity contribution in [2.45, 2.75) is 46.5 Å². The van der Waals surface area contributed by atoms with Crippen molar-refractivity contribution in [3.63, 3.8) is 0 Å². The number of nitrogens with two attached hydrogens (primary N) is 1. The molecule has 0 saturated carbocycles. The Bertz CT molecular complexity index is 866. The monoisotopic (exact) mass is 407 g/mol. The second-order valence-corrected chi connectivity index (χ2v) is 6.88. The van der Waals surface area contributed by atoms with Crippen LogP contribution >= 0.6 is 0 Å². The molecule has 0 saturated heterocycles. The van der Waals surface area contributed by atoms with Gasteiger partial charge in [0.2, 0.25) is 0 Å². The number of fused-ring (bicyclic) bond motifs is 1. The molecule has 0 amide bonds. The first kappa shape index (κ1) is 25.0. The number of H-pyrrole nitrogens is 1. The summed E-state index contributed by atoms with van der Waals surface area (Å²) in [7, 11) is 1.79. The molecule has 0 unspecified atom stereocenters. The Morgan fingerprint density at radius 1 is 1.07 bits per heavy atom. The van der Waals surface area contributed by atoms with Gasteiger partial charge >= 0.3 is 0 Å². The van der Waals surface area contributed by atoms with Crippen LogP contribution in [0, 0.1) is 6.92 Å². The Hall–Kier alpha value is -3.08. The topological polar surface area (TPSA) is 78.6 Å². The van der Waals surface area contributed by atoms with Crippen LogP contribution in [-0.4, -0.2) is 31.1 Å². The molecule has 1 aromatic heterocycles. The average molecular weight is 408 g/mol. The summed E-state index contributed by atoms with van der Waals surface area (Å²) in [6.07, 6.45) is 9.92. The quantitative estimate of drug-likeness (QED) is 0.211. The average Bonchev–Trinajstić information content (AvgIpc) is 3.19. The van der Waals surface area contributed by atoms with Crippen molar-refractivity contribution in [3.05, 3.63) is 71.4 Å². The van der Waals surface area contributed by atoms with Gasteiger partial charge in [0.25, 0.3) is 0 Å². The Labute approximate surface area is 181 Å². The number of benzene rings is 2. The Balaban J connectivity index is 0.000000253. The summed E-state index contributed by atoms with van der Waals surface area (Å²) in [5, 5.41) is 5.25. The van der Waals surface area contributed by atoms with E-state index >= 15 is 0 Å². The Morgan fingerprint density at radius 2 is 1.83 bits per heavy atom. The molecule has 162 valence electrons. The predicted molar refractivity (Wildman–Crippen MR) is 133 cm³/mol. The number of unbranched alkanes of at least 4 members (excludes halogenated alkanes) is 2. The highest BCUT2D eigenvalue weighted by Gasteiger charge is 2.01. The van der Waals surface area contributed by atoms with Crippen molar-refractivity contribution in [2.75, 3.05) is 13.6 Å². The van der Waals surface area contributed by atoms with Crippen molar-refractivity contribution in [1.82, 2.24) is 10.4 Å². The molecule has 0 bridgehead atoms. The van der Waals surface area contributed by atoms with Crippen LogP contribution in [0.1, 0.15) is 49.8 Å². The van der Waals surface area contributed by atoms with Crippen molar-refractivity contribution in [1.29, 1.82) is 0 Å². The smallest absolute Gasteiger partial charge is 0.0797 e. The number of aromatic nitrogens is 1. The molecule has 0 fully saturated rings. The summed E-state index contributed by atoms with van der Waals surface area (Å²) >= 11 is 0. The van der Waals surface area contributed by atoms with Gasteiger partial charge in [-0.05, 0) is 37.5 Å². The van der Waals surface area contributed by atoms with E-state index in [9.17, 15) is 0 Å². The van der Waals surface area contributed by atoms with Crippen molar-refractivity contribution < 1.29 is 0 Å². The third kappa shape index (κ3) is 9.92. The highest BCUT2D eigenvalue weighted by atomic mass is 15.3. The number of hydrazone groups is 1. The molecule has 5 nitrogen and oxygen atoms in total. The van der Waals surface area contributed by atoms with Crippen LogP contribution in [-0.2, 0) is 6.42 Å². The van der Waals surface area contributed by atoms with Gasteiger partial charge in [-0.3, -0.25) is 4.99 Å². The number of hydrogen-bond acceptors (Lipinski definition) is 3. The van der Waals surface area contributed by atoms with Gasteiger partial charge in [-0.1, -0.05) is 68.7 Å². The maximum Gasteiger partial charge on any atom is 0.0797 e. The van der Waals surface area contributed by atoms with Gasteiger partial charge in [0.1, 0.15) is 0 Å². The fourth-order valence-electron chi connectivity index (χ4n) is 2.71. The van der Waals surface area contributed by atoms with Crippen molar-refractivity contribution in [3.8, 4) is 0 Å². The van der Waals surface area contributed by atoms with Crippen LogP contribution < -0.4 is 11.2 Å². The molecule has 0 aliphatic rings. The molecule has 0 radical (unpaired) electrons. The molecule has 4 N–H and O–H groups in total. The maximum absolute atomic E-state index is 5.02. The predicted octanol–water partition coefficient (Wildman–Crippen LogP) is 5.44. The van der Waals surface area contributed by atoms with Gasteiger partial charge in [-0.15, -0.1) is 0 Å². The number of aromatic amines is 1. The van der Waals surface area contributed by atoms with E-state index in [1.165, 1.54) is 42.1 Å². The third-order valence-corrected chi connectivity index (χ3v) is 4.46. The second-order valence-electron chi connectivity index (χ2n) is 6.88. The first-order chi connectivity index (χ1) is 14.7. The van der Waals surface area contributed by atoms with Crippen molar-refractivity contribution in [2.24, 2.45) is 15.8 Å². The number of nitrogens with zero attached hydrogens (tertiary/aromatic N) is 2. The van der Waals surface area contributed by atoms with Crippen molar-refractivity contribution >= 4 is 23.5 Å². The number of aliphatic imine (C=N–C) groups is 1. The summed E-state index contributed by atoms with van der Waals surface area (Å²) in [4.78, 5) is 7.09. The van der Waals surface area contributed by atoms with Gasteiger partial charge in [0.15, 0.2) is 0 Å². The number of aryl methyl sites for hydroxylation is 2. The van der Waals surface area contributed by atoms with E-state index in [4.69, 9.17) is 5.73 Å². The normalized spacial score (nSPS) is 10.5. The minimum Gasteiger partial charge on any atom is -0.390 e. The molecule has 1 heterocycles. The Kier molecular flexibility index (Phi) is 13.1. The van der Waals surface area contributed by atoms with E-state index in [1.807, 2.05) is 30.6 Å². The molecule has 0 aliphatic carbocycles. The van der Waals surface area contributed by atoms with E-state index in [1.54, 1.807) is 7.05 Å². The zero-order valence-electron chi connectivity index (χ0n) is 18.9. The van der Waals surface area contributed by atoms with E-state index in [0.717, 1.165) is 24.0 Å². The molecule has 0 atom stereocenters. The zero-order chi connectivity index (χ0) is 22.0. The molecule has 3 aromatic rings. The fourth-order valence-corrected chi connectivity index (χ4v) is 2.71. The van der Waals surface area contributed by atoms with Crippen LogP contribution in [0.15, 0.2) is 64.8 Å². The van der Waals surface area contributed by atoms with E-state index in [0.29, 0.717) is 0 Å². The third-order valence-electron chi connectivity index (χ3n) is 4.46. The standard InChI is InChI=1S/C12H15N3.C7H8.C6H14N2/c1-3-9-4-5-12-11(6-9)10(7-14-12)8-15-13-2;1-7-5-3-2-4-6-7;1-2-3-4-5-8-6-7/h4-8,13-14H,3H2,1-2H3;2-6H,1H3;6H,2-5H2,1H3,(H2,7,8)/b15-8+;;. The number of nitrogens with one attached hydrogen (secondary N) is 2. The van der Waals surface area contributed by atoms with Gasteiger partial charge in [0.05, 0.1) is 12.6 Å². The summed E-state index contributed by atoms with van der Waals surface area (Å²) in [5.74, 6) is 0. The lowest BCUT2D eigenvalue weighted by Crippen LogP contribution is -1.94. The van der Waals surface area contributed by atoms with Crippen LogP contribution in [0.3, 0.4) is 0 Å². The molecular weight excluding hydrogens is 370 g/mol. The highest BCUT2D eigenvalue weighted by Crippen LogP contribution is 2.18. The fraction of sp³-hybridized carbons (Fsp3) is 0.360. The van der Waals surface area contributed by atoms with Gasteiger partial charge in [-0.2, -0.15) is 5.10 Å². The second kappa shape index (κ2) is 15.8. The minimum atomic E-state index is 0.893. The lowest BCUT2D eigenvalue weighted by Gasteiger charge is -1.97. The molecule has 3 rings (SSSR count). The molecule has 0 aliphatic heterocycles. The number of hydrogen-bond donors (Lipinski definition) is 3. The van der Waals surface area contributed by atoms with E-state index < -0.39 is 0 Å². The lowest BCUT2D eigenvalue weighted by molar-refractivity contribution is 0.729. The van der Waals surface area contributed by atoms with Gasteiger partial charge in [-0.25, -0.2) is 0 Å². The molecule has 0 spiro atoms. The minimum absolute atomic E-state index is 0.893. The summed E-state index contributed by atoms with van der Waals surface area (Å²) in [6.45, 7) is 7.31. The van der Waals surface area contributed by atoms with Crippen LogP contribution in [0.25, 0.3) is 10.9 Å². The summed E-state index contributed by atoms with van der Waals surface area (Å²) in [5.41, 5.74) is 12.7. The zero-order valence-corrected chi connectivity index (χ0v) is 18.9. The maximum atomic E-state index is 5.02. The summed E-state index contributed by atoms with van der Waals surface area (Å²) in [6, 6.07) is 16.7. The largest absolute Gasteiger partial charge is 0.390 e. The summed E-state index contributed by atoms with van der Waals surface area (Å²) < 4.78 is 0. The lowest BCUT2D eigenvalue weighted by atomic mass is 10.1. The Morgan fingerprint density at radius 3 is 2.40 bits per heavy atom. The SMILES string of the molecule is CCCCCN=CN.CCc1ccc2[nH]cc(/C=N/NC)c2c1.Cc1ccccc1. The van der Waals surface area contributed by atoms with E-state index in [2.05, 4.69) is 71.6 Å². The van der Waals surface area contributed by atoms with Crippen LogP contribution in [0.2, 0.25) is 0 Å². The molecular formula is C25H37N5. The molecule has 2 aromatic carbocycles. The first-order valence-electron chi connectivity index (χ1n) is 10.7. The van der Waals surface area contributed by atoms with Gasteiger partial charge < -0.3 is 16.1 Å².